The summed E-state index contributed by atoms with van der Waals surface area (Å²) in [5.74, 6) is -0.309. The highest BCUT2D eigenvalue weighted by molar-refractivity contribution is 7.20. The number of fused-ring (bicyclic) bond motifs is 1. The van der Waals surface area contributed by atoms with Crippen molar-refractivity contribution in [2.24, 2.45) is 0 Å². The second kappa shape index (κ2) is 7.93. The van der Waals surface area contributed by atoms with Gasteiger partial charge in [0.1, 0.15) is 0 Å². The standard InChI is InChI=1S/C24H21N5O3S/c1-4-29-14(2)24(3,26-23(29)31)13-19-27-28-21(32-19)20(30)22-25-17-11-10-16(12-18(17)33-22)15-8-6-5-7-9-15/h5-12H,2,4,13H2,1,3H3,(H,26,31). The molecule has 1 aliphatic rings. The van der Waals surface area contributed by atoms with Crippen LogP contribution in [0.25, 0.3) is 21.3 Å². The van der Waals surface area contributed by atoms with Crippen LogP contribution in [0.15, 0.2) is 65.2 Å². The van der Waals surface area contributed by atoms with Crippen molar-refractivity contribution in [3.63, 3.8) is 0 Å². The van der Waals surface area contributed by atoms with E-state index in [4.69, 9.17) is 4.42 Å². The van der Waals surface area contributed by atoms with Gasteiger partial charge in [0.05, 0.1) is 22.2 Å². The van der Waals surface area contributed by atoms with Crippen LogP contribution in [0.4, 0.5) is 4.79 Å². The number of hydrogen-bond donors (Lipinski definition) is 1. The van der Waals surface area contributed by atoms with Gasteiger partial charge in [-0.15, -0.1) is 21.5 Å². The van der Waals surface area contributed by atoms with Crippen LogP contribution in [0.5, 0.6) is 0 Å². The van der Waals surface area contributed by atoms with E-state index in [1.54, 1.807) is 4.90 Å². The van der Waals surface area contributed by atoms with Crippen LogP contribution in [0.3, 0.4) is 0 Å². The third-order valence-electron chi connectivity index (χ3n) is 5.76. The molecule has 8 nitrogen and oxygen atoms in total. The first-order chi connectivity index (χ1) is 15.9. The summed E-state index contributed by atoms with van der Waals surface area (Å²) in [4.78, 5) is 31.1. The fraction of sp³-hybridized carbons (Fsp3) is 0.208. The van der Waals surface area contributed by atoms with E-state index >= 15 is 0 Å². The Labute approximate surface area is 194 Å². The number of likely N-dealkylation sites (N-methyl/N-ethyl adjacent to an activating group) is 1. The number of carbonyl (C=O) groups is 2. The fourth-order valence-electron chi connectivity index (χ4n) is 3.92. The summed E-state index contributed by atoms with van der Waals surface area (Å²) in [6.07, 6.45) is 0.231. The SMILES string of the molecule is C=C1N(CC)C(=O)NC1(C)Cc1nnc(C(=O)c2nc3ccc(-c4ccccc4)cc3s2)o1. The van der Waals surface area contributed by atoms with Gasteiger partial charge in [-0.25, -0.2) is 9.78 Å². The van der Waals surface area contributed by atoms with Crippen LogP contribution < -0.4 is 5.32 Å². The zero-order chi connectivity index (χ0) is 23.2. The molecule has 33 heavy (non-hydrogen) atoms. The second-order valence-electron chi connectivity index (χ2n) is 8.03. The molecule has 2 aromatic heterocycles. The van der Waals surface area contributed by atoms with Gasteiger partial charge in [-0.3, -0.25) is 9.69 Å². The lowest BCUT2D eigenvalue weighted by Crippen LogP contribution is -2.41. The third kappa shape index (κ3) is 3.70. The predicted molar refractivity (Wildman–Crippen MR) is 125 cm³/mol. The minimum Gasteiger partial charge on any atom is -0.418 e. The number of ketones is 1. The molecule has 1 unspecified atom stereocenters. The Morgan fingerprint density at radius 1 is 1.18 bits per heavy atom. The molecule has 4 aromatic rings. The number of aromatic nitrogens is 3. The average Bonchev–Trinajstić information content (AvgIpc) is 3.50. The summed E-state index contributed by atoms with van der Waals surface area (Å²) >= 11 is 1.29. The maximum absolute atomic E-state index is 13.0. The van der Waals surface area contributed by atoms with E-state index in [0.717, 1.165) is 21.3 Å². The molecule has 3 heterocycles. The summed E-state index contributed by atoms with van der Waals surface area (Å²) in [5.41, 5.74) is 2.75. The topological polar surface area (TPSA) is 101 Å². The number of urea groups is 1. The van der Waals surface area contributed by atoms with Gasteiger partial charge in [-0.2, -0.15) is 0 Å². The highest BCUT2D eigenvalue weighted by atomic mass is 32.1. The molecule has 0 radical (unpaired) electrons. The van der Waals surface area contributed by atoms with Crippen molar-refractivity contribution in [2.75, 3.05) is 6.54 Å². The van der Waals surface area contributed by atoms with E-state index in [0.29, 0.717) is 12.2 Å². The van der Waals surface area contributed by atoms with E-state index in [9.17, 15) is 9.59 Å². The summed E-state index contributed by atoms with van der Waals surface area (Å²) < 4.78 is 6.55. The molecule has 0 spiro atoms. The molecule has 1 atom stereocenters. The number of amides is 2. The molecule has 0 saturated carbocycles. The van der Waals surface area contributed by atoms with Crippen molar-refractivity contribution >= 4 is 33.4 Å². The van der Waals surface area contributed by atoms with E-state index in [2.05, 4.69) is 27.1 Å². The molecule has 166 valence electrons. The molecule has 5 rings (SSSR count). The van der Waals surface area contributed by atoms with E-state index in [1.165, 1.54) is 11.3 Å². The lowest BCUT2D eigenvalue weighted by molar-refractivity contribution is 0.1000. The zero-order valence-corrected chi connectivity index (χ0v) is 19.0. The molecule has 2 aromatic carbocycles. The quantitative estimate of drug-likeness (QED) is 0.428. The lowest BCUT2D eigenvalue weighted by atomic mass is 9.95. The van der Waals surface area contributed by atoms with Gasteiger partial charge in [0.2, 0.25) is 5.89 Å². The molecule has 0 aliphatic carbocycles. The average molecular weight is 460 g/mol. The number of thiazole rings is 1. The maximum atomic E-state index is 13.0. The summed E-state index contributed by atoms with van der Waals surface area (Å²) in [7, 11) is 0. The molecule has 1 fully saturated rings. The van der Waals surface area contributed by atoms with Crippen LogP contribution in [-0.2, 0) is 6.42 Å². The van der Waals surface area contributed by atoms with Crippen molar-refractivity contribution in [1.29, 1.82) is 0 Å². The first-order valence-corrected chi connectivity index (χ1v) is 11.3. The van der Waals surface area contributed by atoms with Crippen molar-refractivity contribution in [1.82, 2.24) is 25.4 Å². The Morgan fingerprint density at radius 2 is 1.97 bits per heavy atom. The Hall–Kier alpha value is -3.85. The first-order valence-electron chi connectivity index (χ1n) is 10.5. The van der Waals surface area contributed by atoms with Crippen LogP contribution in [0, 0.1) is 0 Å². The van der Waals surface area contributed by atoms with Gasteiger partial charge in [-0.1, -0.05) is 43.0 Å². The monoisotopic (exact) mass is 459 g/mol. The van der Waals surface area contributed by atoms with Gasteiger partial charge in [-0.05, 0) is 37.1 Å². The molecule has 9 heteroatoms. The third-order valence-corrected chi connectivity index (χ3v) is 6.78. The number of nitrogens with zero attached hydrogens (tertiary/aromatic N) is 4. The van der Waals surface area contributed by atoms with Gasteiger partial charge in [0.25, 0.3) is 11.7 Å². The molecule has 0 bridgehead atoms. The van der Waals surface area contributed by atoms with Gasteiger partial charge in [0, 0.05) is 12.2 Å². The minimum atomic E-state index is -0.760. The smallest absolute Gasteiger partial charge is 0.322 e. The number of benzene rings is 2. The van der Waals surface area contributed by atoms with Crippen LogP contribution in [0.2, 0.25) is 0 Å². The Morgan fingerprint density at radius 3 is 2.70 bits per heavy atom. The lowest BCUT2D eigenvalue weighted by Gasteiger charge is -2.23. The Bertz CT molecular complexity index is 1390. The Kier molecular flexibility index (Phi) is 5.05. The van der Waals surface area contributed by atoms with E-state index < -0.39 is 11.3 Å². The van der Waals surface area contributed by atoms with Gasteiger partial charge < -0.3 is 9.73 Å². The number of hydrogen-bond acceptors (Lipinski definition) is 7. The Balaban J connectivity index is 1.37. The molecule has 2 amide bonds. The minimum absolute atomic E-state index is 0.127. The number of nitrogens with one attached hydrogen (secondary N) is 1. The maximum Gasteiger partial charge on any atom is 0.322 e. The van der Waals surface area contributed by atoms with E-state index in [-0.39, 0.29) is 29.2 Å². The van der Waals surface area contributed by atoms with Crippen molar-refractivity contribution < 1.29 is 14.0 Å². The molecular weight excluding hydrogens is 438 g/mol. The first kappa shape index (κ1) is 21.0. The summed E-state index contributed by atoms with van der Waals surface area (Å²) in [6, 6.07) is 15.7. The zero-order valence-electron chi connectivity index (χ0n) is 18.2. The molecule has 1 saturated heterocycles. The highest BCUT2D eigenvalue weighted by Gasteiger charge is 2.43. The molecule has 1 N–H and O–H groups in total. The fourth-order valence-corrected chi connectivity index (χ4v) is 4.86. The van der Waals surface area contributed by atoms with Gasteiger partial charge >= 0.3 is 6.03 Å². The number of carbonyl (C=O) groups excluding carboxylic acids is 2. The van der Waals surface area contributed by atoms with Crippen molar-refractivity contribution in [3.05, 3.63) is 77.6 Å². The molecule has 1 aliphatic heterocycles. The largest absolute Gasteiger partial charge is 0.418 e. The highest BCUT2D eigenvalue weighted by Crippen LogP contribution is 2.31. The normalized spacial score (nSPS) is 18.2. The van der Waals surface area contributed by atoms with E-state index in [1.807, 2.05) is 62.4 Å². The molecular formula is C24H21N5O3S. The van der Waals surface area contributed by atoms with Crippen LogP contribution >= 0.6 is 11.3 Å². The number of rotatable bonds is 6. The predicted octanol–water partition coefficient (Wildman–Crippen LogP) is 4.44. The summed E-state index contributed by atoms with van der Waals surface area (Å²) in [5, 5.41) is 11.1. The van der Waals surface area contributed by atoms with Crippen LogP contribution in [-0.4, -0.2) is 44.0 Å². The van der Waals surface area contributed by atoms with Gasteiger partial charge in [0.15, 0.2) is 5.01 Å². The van der Waals surface area contributed by atoms with Crippen molar-refractivity contribution in [3.8, 4) is 11.1 Å². The van der Waals surface area contributed by atoms with Crippen LogP contribution in [0.1, 0.15) is 35.4 Å². The van der Waals surface area contributed by atoms with Crippen molar-refractivity contribution in [2.45, 2.75) is 25.8 Å². The second-order valence-corrected chi connectivity index (χ2v) is 9.06. The summed E-state index contributed by atoms with van der Waals surface area (Å²) in [6.45, 7) is 8.25.